The van der Waals surface area contributed by atoms with E-state index in [4.69, 9.17) is 5.11 Å². The molecule has 0 aromatic carbocycles. The summed E-state index contributed by atoms with van der Waals surface area (Å²) in [6, 6.07) is 0.662. The number of nitrogens with zero attached hydrogens (tertiary/aromatic N) is 2. The average molecular weight is 282 g/mol. The molecule has 0 amide bonds. The molecule has 0 radical (unpaired) electrons. The molecule has 1 N–H and O–H groups in total. The zero-order valence-electron chi connectivity index (χ0n) is 11.6. The van der Waals surface area contributed by atoms with Crippen molar-refractivity contribution in [1.82, 2.24) is 9.88 Å². The zero-order chi connectivity index (χ0) is 13.8. The molecule has 1 aromatic rings. The summed E-state index contributed by atoms with van der Waals surface area (Å²) in [5, 5.41) is 11.7. The van der Waals surface area contributed by atoms with Gasteiger partial charge in [-0.1, -0.05) is 13.3 Å². The maximum absolute atomic E-state index is 10.7. The smallest absolute Gasteiger partial charge is 0.309 e. The summed E-state index contributed by atoms with van der Waals surface area (Å²) in [5.41, 5.74) is 0.686. The Morgan fingerprint density at radius 1 is 1.63 bits per heavy atom. The number of aliphatic carboxylic acids is 1. The van der Waals surface area contributed by atoms with Crippen molar-refractivity contribution < 1.29 is 9.90 Å². The molecule has 106 valence electrons. The summed E-state index contributed by atoms with van der Waals surface area (Å²) in [7, 11) is 0. The lowest BCUT2D eigenvalue weighted by molar-refractivity contribution is -0.136. The van der Waals surface area contributed by atoms with Gasteiger partial charge in [0.15, 0.2) is 0 Å². The number of rotatable bonds is 5. The molecule has 5 heteroatoms. The van der Waals surface area contributed by atoms with E-state index in [0.29, 0.717) is 17.7 Å². The number of likely N-dealkylation sites (tertiary alicyclic amines) is 1. The number of carboxylic acids is 1. The molecular formula is C14H22N2O2S. The van der Waals surface area contributed by atoms with Gasteiger partial charge in [-0.15, -0.1) is 11.3 Å². The molecule has 2 atom stereocenters. The number of carbonyl (C=O) groups is 1. The van der Waals surface area contributed by atoms with Crippen LogP contribution in [0.1, 0.15) is 49.7 Å². The standard InChI is InChI=1S/C14H22N2O2S/c1-10(8-16-6-4-3-5-11(16)2)14-15-12(9-19-14)7-13(17)18/h9-11H,3-8H2,1-2H3,(H,17,18). The van der Waals surface area contributed by atoms with Crippen LogP contribution in [0.3, 0.4) is 0 Å². The third-order valence-electron chi connectivity index (χ3n) is 3.77. The summed E-state index contributed by atoms with van der Waals surface area (Å²) in [6.07, 6.45) is 3.95. The van der Waals surface area contributed by atoms with Gasteiger partial charge in [-0.05, 0) is 26.3 Å². The molecule has 1 saturated heterocycles. The van der Waals surface area contributed by atoms with E-state index >= 15 is 0 Å². The van der Waals surface area contributed by atoms with Crippen LogP contribution in [0.2, 0.25) is 0 Å². The molecule has 0 saturated carbocycles. The third kappa shape index (κ3) is 4.01. The lowest BCUT2D eigenvalue weighted by Gasteiger charge is -2.34. The Labute approximate surface area is 118 Å². The van der Waals surface area contributed by atoms with E-state index in [1.165, 1.54) is 25.8 Å². The quantitative estimate of drug-likeness (QED) is 0.902. The first-order chi connectivity index (χ1) is 9.06. The molecular weight excluding hydrogens is 260 g/mol. The maximum Gasteiger partial charge on any atom is 0.309 e. The van der Waals surface area contributed by atoms with Gasteiger partial charge in [0, 0.05) is 23.9 Å². The number of hydrogen-bond acceptors (Lipinski definition) is 4. The molecule has 2 heterocycles. The highest BCUT2D eigenvalue weighted by Crippen LogP contribution is 2.24. The van der Waals surface area contributed by atoms with Crippen molar-refractivity contribution in [1.29, 1.82) is 0 Å². The molecule has 0 bridgehead atoms. The molecule has 1 aliphatic heterocycles. The number of aromatic nitrogens is 1. The van der Waals surface area contributed by atoms with Gasteiger partial charge in [-0.3, -0.25) is 9.69 Å². The fourth-order valence-electron chi connectivity index (χ4n) is 2.64. The molecule has 1 aromatic heterocycles. The van der Waals surface area contributed by atoms with Crippen molar-refractivity contribution in [2.75, 3.05) is 13.1 Å². The number of carboxylic acid groups (broad SMARTS) is 1. The minimum Gasteiger partial charge on any atom is -0.481 e. The second kappa shape index (κ2) is 6.48. The van der Waals surface area contributed by atoms with Crippen molar-refractivity contribution in [2.45, 2.75) is 51.5 Å². The maximum atomic E-state index is 10.7. The van der Waals surface area contributed by atoms with Crippen molar-refractivity contribution in [3.63, 3.8) is 0 Å². The Hall–Kier alpha value is -0.940. The van der Waals surface area contributed by atoms with Crippen molar-refractivity contribution in [3.05, 3.63) is 16.1 Å². The molecule has 19 heavy (non-hydrogen) atoms. The van der Waals surface area contributed by atoms with E-state index in [-0.39, 0.29) is 6.42 Å². The SMILES string of the molecule is CC(CN1CCCCC1C)c1nc(CC(=O)O)cs1. The lowest BCUT2D eigenvalue weighted by atomic mass is 10.0. The van der Waals surface area contributed by atoms with E-state index in [0.717, 1.165) is 11.6 Å². The molecule has 0 aliphatic carbocycles. The van der Waals surface area contributed by atoms with Crippen LogP contribution in [0, 0.1) is 0 Å². The first-order valence-electron chi connectivity index (χ1n) is 6.96. The Morgan fingerprint density at radius 2 is 2.42 bits per heavy atom. The normalized spacial score (nSPS) is 22.3. The van der Waals surface area contributed by atoms with Crippen LogP contribution in [0.15, 0.2) is 5.38 Å². The zero-order valence-corrected chi connectivity index (χ0v) is 12.4. The first-order valence-corrected chi connectivity index (χ1v) is 7.84. The van der Waals surface area contributed by atoms with Gasteiger partial charge >= 0.3 is 5.97 Å². The van der Waals surface area contributed by atoms with Crippen LogP contribution in [0.4, 0.5) is 0 Å². The minimum absolute atomic E-state index is 0.0311. The van der Waals surface area contributed by atoms with Gasteiger partial charge < -0.3 is 5.11 Å². The van der Waals surface area contributed by atoms with Gasteiger partial charge in [0.05, 0.1) is 17.1 Å². The lowest BCUT2D eigenvalue weighted by Crippen LogP contribution is -2.39. The van der Waals surface area contributed by atoms with Crippen LogP contribution in [-0.4, -0.2) is 40.1 Å². The Balaban J connectivity index is 1.93. The van der Waals surface area contributed by atoms with Gasteiger partial charge in [-0.2, -0.15) is 0 Å². The predicted molar refractivity (Wildman–Crippen MR) is 76.8 cm³/mol. The summed E-state index contributed by atoms with van der Waals surface area (Å²) in [4.78, 5) is 17.7. The molecule has 0 spiro atoms. The van der Waals surface area contributed by atoms with E-state index in [1.54, 1.807) is 11.3 Å². The van der Waals surface area contributed by atoms with E-state index < -0.39 is 5.97 Å². The highest BCUT2D eigenvalue weighted by molar-refractivity contribution is 7.09. The van der Waals surface area contributed by atoms with E-state index in [9.17, 15) is 4.79 Å². The molecule has 1 aliphatic rings. The molecule has 2 rings (SSSR count). The topological polar surface area (TPSA) is 53.4 Å². The number of piperidine rings is 1. The minimum atomic E-state index is -0.811. The van der Waals surface area contributed by atoms with Crippen molar-refractivity contribution >= 4 is 17.3 Å². The van der Waals surface area contributed by atoms with E-state index in [2.05, 4.69) is 23.7 Å². The van der Waals surface area contributed by atoms with Gasteiger partial charge in [0.2, 0.25) is 0 Å². The summed E-state index contributed by atoms with van der Waals surface area (Å²) in [6.45, 7) is 6.69. The fraction of sp³-hybridized carbons (Fsp3) is 0.714. The van der Waals surface area contributed by atoms with Crippen molar-refractivity contribution in [2.24, 2.45) is 0 Å². The van der Waals surface area contributed by atoms with E-state index in [1.807, 2.05) is 5.38 Å². The highest BCUT2D eigenvalue weighted by Gasteiger charge is 2.22. The van der Waals surface area contributed by atoms with Crippen LogP contribution in [0.25, 0.3) is 0 Å². The first kappa shape index (κ1) is 14.5. The molecule has 4 nitrogen and oxygen atoms in total. The summed E-state index contributed by atoms with van der Waals surface area (Å²) in [5.74, 6) is -0.428. The summed E-state index contributed by atoms with van der Waals surface area (Å²) < 4.78 is 0. The van der Waals surface area contributed by atoms with Crippen LogP contribution < -0.4 is 0 Å². The van der Waals surface area contributed by atoms with Crippen molar-refractivity contribution in [3.8, 4) is 0 Å². The van der Waals surface area contributed by atoms with Gasteiger partial charge in [0.1, 0.15) is 0 Å². The molecule has 1 fully saturated rings. The fourth-order valence-corrected chi connectivity index (χ4v) is 3.51. The van der Waals surface area contributed by atoms with Crippen LogP contribution >= 0.6 is 11.3 Å². The third-order valence-corrected chi connectivity index (χ3v) is 4.90. The average Bonchev–Trinajstić information content (AvgIpc) is 2.79. The second-order valence-electron chi connectivity index (χ2n) is 5.49. The largest absolute Gasteiger partial charge is 0.481 e. The van der Waals surface area contributed by atoms with Gasteiger partial charge in [-0.25, -0.2) is 4.98 Å². The Morgan fingerprint density at radius 3 is 3.11 bits per heavy atom. The molecule has 2 unspecified atom stereocenters. The second-order valence-corrected chi connectivity index (χ2v) is 6.38. The highest BCUT2D eigenvalue weighted by atomic mass is 32.1. The predicted octanol–water partition coefficient (Wildman–Crippen LogP) is 2.75. The number of thiazole rings is 1. The Kier molecular flexibility index (Phi) is 4.93. The monoisotopic (exact) mass is 282 g/mol. The number of hydrogen-bond donors (Lipinski definition) is 1. The Bertz CT molecular complexity index is 433. The summed E-state index contributed by atoms with van der Waals surface area (Å²) >= 11 is 1.59. The van der Waals surface area contributed by atoms with Crippen LogP contribution in [-0.2, 0) is 11.2 Å². The van der Waals surface area contributed by atoms with Gasteiger partial charge in [0.25, 0.3) is 0 Å². The van der Waals surface area contributed by atoms with Crippen LogP contribution in [0.5, 0.6) is 0 Å².